The summed E-state index contributed by atoms with van der Waals surface area (Å²) < 4.78 is 18.3. The van der Waals surface area contributed by atoms with E-state index in [0.29, 0.717) is 12.0 Å². The predicted molar refractivity (Wildman–Crippen MR) is 174 cm³/mol. The highest BCUT2D eigenvalue weighted by molar-refractivity contribution is 5.99. The molecule has 3 amide bonds. The maximum atomic E-state index is 14.8. The molecule has 5 rings (SSSR count). The maximum absolute atomic E-state index is 14.8. The summed E-state index contributed by atoms with van der Waals surface area (Å²) in [4.78, 5) is 60.2. The number of hydrogen-bond donors (Lipinski definition) is 2. The molecule has 256 valence electrons. The van der Waals surface area contributed by atoms with Crippen LogP contribution in [0.2, 0.25) is 0 Å². The van der Waals surface area contributed by atoms with E-state index in [2.05, 4.69) is 12.2 Å². The second-order valence-electron chi connectivity index (χ2n) is 13.5. The number of carbonyl (C=O) groups is 4. The molecule has 11 heteroatoms. The molecule has 2 N–H and O–H groups in total. The molecule has 5 bridgehead atoms. The smallest absolute Gasteiger partial charge is 0.313 e. The van der Waals surface area contributed by atoms with Crippen molar-refractivity contribution in [1.29, 1.82) is 0 Å². The minimum absolute atomic E-state index is 0.0758. The van der Waals surface area contributed by atoms with E-state index >= 15 is 0 Å². The number of esters is 1. The fourth-order valence-electron chi connectivity index (χ4n) is 7.76. The van der Waals surface area contributed by atoms with E-state index in [1.165, 1.54) is 12.0 Å². The van der Waals surface area contributed by atoms with Gasteiger partial charge in [0.15, 0.2) is 0 Å². The Morgan fingerprint density at radius 1 is 1.09 bits per heavy atom. The van der Waals surface area contributed by atoms with Gasteiger partial charge < -0.3 is 34.4 Å². The summed E-state index contributed by atoms with van der Waals surface area (Å²) in [5, 5.41) is 13.6. The van der Waals surface area contributed by atoms with Crippen LogP contribution in [0.25, 0.3) is 0 Å². The molecule has 1 unspecified atom stereocenters. The summed E-state index contributed by atoms with van der Waals surface area (Å²) >= 11 is 0. The number of cyclic esters (lactones) is 1. The highest BCUT2D eigenvalue weighted by Crippen LogP contribution is 2.56. The molecule has 1 aromatic rings. The molecule has 0 radical (unpaired) electrons. The number of fused-ring (bicyclic) bond motifs is 2. The van der Waals surface area contributed by atoms with E-state index in [-0.39, 0.29) is 50.0 Å². The number of aliphatic hydroxyl groups excluding tert-OH is 1. The van der Waals surface area contributed by atoms with Crippen molar-refractivity contribution in [3.63, 3.8) is 0 Å². The quantitative estimate of drug-likeness (QED) is 0.308. The lowest BCUT2D eigenvalue weighted by atomic mass is 9.74. The van der Waals surface area contributed by atoms with Gasteiger partial charge >= 0.3 is 5.97 Å². The molecule has 1 aromatic carbocycles. The number of nitrogens with zero attached hydrogens (tertiary/aromatic N) is 2. The van der Waals surface area contributed by atoms with Crippen molar-refractivity contribution < 1.29 is 38.5 Å². The first-order valence-electron chi connectivity index (χ1n) is 16.9. The van der Waals surface area contributed by atoms with Gasteiger partial charge in [0.2, 0.25) is 17.7 Å². The molecular formula is C36H49N3O8. The molecule has 11 nitrogen and oxygen atoms in total. The predicted octanol–water partition coefficient (Wildman–Crippen LogP) is 2.94. The van der Waals surface area contributed by atoms with Crippen LogP contribution in [0, 0.1) is 17.8 Å². The average Bonchev–Trinajstić information content (AvgIpc) is 3.69. The normalized spacial score (nSPS) is 33.2. The van der Waals surface area contributed by atoms with E-state index < -0.39 is 59.6 Å². The molecule has 4 aliphatic rings. The molecule has 9 atom stereocenters. The number of rotatable bonds is 9. The lowest BCUT2D eigenvalue weighted by Crippen LogP contribution is -2.60. The SMILES string of the molecule is CCCC(C)N1C/C=C\CCC(=O)N[C@@H](COC)[C@H](c2ccccc2)OC(=O)[C@@H]2[C@H]3C(=O)N([C@@H](CO)C(C)C)[C@H](C1=O)[C@]31C=C[C@H]2O1. The second-order valence-corrected chi connectivity index (χ2v) is 13.5. The molecule has 2 fully saturated rings. The lowest BCUT2D eigenvalue weighted by molar-refractivity contribution is -0.163. The summed E-state index contributed by atoms with van der Waals surface area (Å²) in [6, 6.07) is 6.48. The number of methoxy groups -OCH3 is 1. The van der Waals surface area contributed by atoms with Gasteiger partial charge in [-0.1, -0.05) is 81.8 Å². The molecule has 47 heavy (non-hydrogen) atoms. The van der Waals surface area contributed by atoms with Crippen molar-refractivity contribution in [1.82, 2.24) is 15.1 Å². The van der Waals surface area contributed by atoms with Crippen LogP contribution in [0.5, 0.6) is 0 Å². The second kappa shape index (κ2) is 14.7. The van der Waals surface area contributed by atoms with Crippen LogP contribution in [0.3, 0.4) is 0 Å². The van der Waals surface area contributed by atoms with Crippen molar-refractivity contribution in [2.75, 3.05) is 26.9 Å². The number of carbonyl (C=O) groups excluding carboxylic acids is 4. The number of hydrogen-bond acceptors (Lipinski definition) is 8. The zero-order valence-electron chi connectivity index (χ0n) is 28.0. The summed E-state index contributed by atoms with van der Waals surface area (Å²) in [7, 11) is 1.51. The van der Waals surface area contributed by atoms with Gasteiger partial charge in [0.1, 0.15) is 23.7 Å². The van der Waals surface area contributed by atoms with Crippen LogP contribution in [0.1, 0.15) is 65.0 Å². The zero-order valence-corrected chi connectivity index (χ0v) is 28.0. The molecule has 4 heterocycles. The zero-order chi connectivity index (χ0) is 33.9. The summed E-state index contributed by atoms with van der Waals surface area (Å²) in [6.07, 6.45) is 7.79. The Labute approximate surface area is 277 Å². The van der Waals surface area contributed by atoms with Gasteiger partial charge in [0.05, 0.1) is 37.3 Å². The Morgan fingerprint density at radius 3 is 2.49 bits per heavy atom. The van der Waals surface area contributed by atoms with Crippen LogP contribution in [-0.4, -0.2) is 101 Å². The van der Waals surface area contributed by atoms with Crippen LogP contribution in [0.4, 0.5) is 0 Å². The highest BCUT2D eigenvalue weighted by Gasteiger charge is 2.74. The standard InChI is InChI=1S/C36H49N3O8/c1-6-13-23(4)38-19-12-8-11-16-28(41)37-25(21-45-5)31(24-14-9-7-10-15-24)46-35(44)29-27-17-18-36(47-27)30(29)33(42)39(32(36)34(38)43)26(20-40)22(2)3/h7-10,12,14-15,17-18,22-23,25-27,29-32,40H,6,11,13,16,19-21H2,1-5H3,(H,37,41)/b12-8-/t23?,25-,26-,27+,29-,30-,31-,32+,36-/m0/s1. The topological polar surface area (TPSA) is 135 Å². The Bertz CT molecular complexity index is 1360. The fourth-order valence-corrected chi connectivity index (χ4v) is 7.76. The number of aliphatic hydroxyl groups is 1. The molecular weight excluding hydrogens is 602 g/mol. The fraction of sp³-hybridized carbons (Fsp3) is 0.611. The van der Waals surface area contributed by atoms with Crippen LogP contribution in [-0.2, 0) is 33.4 Å². The number of benzene rings is 1. The number of ether oxygens (including phenoxy) is 3. The minimum atomic E-state index is -1.41. The van der Waals surface area contributed by atoms with Crippen LogP contribution in [0.15, 0.2) is 54.6 Å². The number of allylic oxidation sites excluding steroid dienone is 1. The number of likely N-dealkylation sites (tertiary alicyclic amines) is 1. The number of amides is 3. The number of nitrogens with one attached hydrogen (secondary N) is 1. The third kappa shape index (κ3) is 6.49. The van der Waals surface area contributed by atoms with Crippen molar-refractivity contribution in [3.05, 3.63) is 60.2 Å². The molecule has 0 aromatic heterocycles. The molecule has 0 aliphatic carbocycles. The van der Waals surface area contributed by atoms with Crippen molar-refractivity contribution in [3.8, 4) is 0 Å². The molecule has 4 aliphatic heterocycles. The van der Waals surface area contributed by atoms with Crippen molar-refractivity contribution in [2.24, 2.45) is 17.8 Å². The first-order valence-corrected chi connectivity index (χ1v) is 16.9. The van der Waals surface area contributed by atoms with E-state index in [1.54, 1.807) is 17.1 Å². The van der Waals surface area contributed by atoms with Crippen LogP contribution >= 0.6 is 0 Å². The Morgan fingerprint density at radius 2 is 1.83 bits per heavy atom. The third-order valence-electron chi connectivity index (χ3n) is 10.1. The lowest BCUT2D eigenvalue weighted by Gasteiger charge is -2.41. The van der Waals surface area contributed by atoms with E-state index in [4.69, 9.17) is 14.2 Å². The highest BCUT2D eigenvalue weighted by atomic mass is 16.6. The van der Waals surface area contributed by atoms with Gasteiger partial charge in [-0.15, -0.1) is 0 Å². The largest absolute Gasteiger partial charge is 0.455 e. The van der Waals surface area contributed by atoms with Crippen molar-refractivity contribution >= 4 is 23.7 Å². The summed E-state index contributed by atoms with van der Waals surface area (Å²) in [6.45, 7) is 7.83. The van der Waals surface area contributed by atoms with E-state index in [9.17, 15) is 24.3 Å². The first-order chi connectivity index (χ1) is 22.6. The van der Waals surface area contributed by atoms with Gasteiger partial charge in [-0.05, 0) is 31.2 Å². The van der Waals surface area contributed by atoms with Gasteiger partial charge in [0.25, 0.3) is 0 Å². The summed E-state index contributed by atoms with van der Waals surface area (Å²) in [5.41, 5.74) is -0.752. The monoisotopic (exact) mass is 651 g/mol. The van der Waals surface area contributed by atoms with Crippen LogP contribution < -0.4 is 5.32 Å². The van der Waals surface area contributed by atoms with E-state index in [0.717, 1.165) is 12.8 Å². The Kier molecular flexibility index (Phi) is 10.9. The Hall–Kier alpha value is -3.54. The van der Waals surface area contributed by atoms with Crippen molar-refractivity contribution in [2.45, 2.75) is 95.4 Å². The Balaban J connectivity index is 1.64. The molecule has 2 saturated heterocycles. The van der Waals surface area contributed by atoms with Gasteiger partial charge in [-0.25, -0.2) is 0 Å². The molecule has 0 saturated carbocycles. The van der Waals surface area contributed by atoms with Gasteiger partial charge in [-0.3, -0.25) is 19.2 Å². The minimum Gasteiger partial charge on any atom is -0.455 e. The van der Waals surface area contributed by atoms with Gasteiger partial charge in [-0.2, -0.15) is 0 Å². The average molecular weight is 652 g/mol. The third-order valence-corrected chi connectivity index (χ3v) is 10.1. The summed E-state index contributed by atoms with van der Waals surface area (Å²) in [5.74, 6) is -3.86. The first kappa shape index (κ1) is 34.8. The molecule has 1 spiro atoms. The maximum Gasteiger partial charge on any atom is 0.313 e. The van der Waals surface area contributed by atoms with Gasteiger partial charge in [0, 0.05) is 26.1 Å². The van der Waals surface area contributed by atoms with E-state index in [1.807, 2.05) is 63.3 Å².